The molecule has 0 spiro atoms. The van der Waals surface area contributed by atoms with Gasteiger partial charge in [-0.1, -0.05) is 406 Å². The maximum atomic E-state index is 13.0. The molecule has 6 nitrogen and oxygen atoms in total. The highest BCUT2D eigenvalue weighted by Gasteiger charge is 2.20. The van der Waals surface area contributed by atoms with Crippen LogP contribution in [-0.4, -0.2) is 37.2 Å². The molecule has 0 rings (SSSR count). The minimum atomic E-state index is -0.764. The molecule has 0 saturated carbocycles. The molecule has 0 bridgehead atoms. The number of esters is 3. The molecule has 1 atom stereocenters. The number of rotatable bonds is 71. The Balaban J connectivity index is 4.19. The van der Waals surface area contributed by atoms with Gasteiger partial charge in [0, 0.05) is 19.3 Å². The fraction of sp³-hybridized carbons (Fsp3) is 0.960. The summed E-state index contributed by atoms with van der Waals surface area (Å²) in [5.41, 5.74) is 0. The van der Waals surface area contributed by atoms with E-state index in [1.165, 1.54) is 347 Å². The van der Waals surface area contributed by atoms with Crippen LogP contribution in [0.1, 0.15) is 445 Å². The normalized spacial score (nSPS) is 11.9. The Kier molecular flexibility index (Phi) is 69.5. The molecule has 0 heterocycles. The van der Waals surface area contributed by atoms with Crippen LogP contribution in [0.5, 0.6) is 0 Å². The summed E-state index contributed by atoms with van der Waals surface area (Å²) in [5, 5.41) is 0. The van der Waals surface area contributed by atoms with Crippen LogP contribution in [0.3, 0.4) is 0 Å². The molecule has 0 aliphatic rings. The Morgan fingerprint density at radius 3 is 0.494 bits per heavy atom. The van der Waals surface area contributed by atoms with E-state index in [4.69, 9.17) is 14.2 Å². The Morgan fingerprint density at radius 2 is 0.333 bits per heavy atom. The molecule has 1 unspecified atom stereocenters. The van der Waals surface area contributed by atoms with Crippen molar-refractivity contribution in [2.75, 3.05) is 13.2 Å². The number of hydrogen-bond donors (Lipinski definition) is 0. The summed E-state index contributed by atoms with van der Waals surface area (Å²) in [5.74, 6) is -0.816. The van der Waals surface area contributed by atoms with Crippen LogP contribution in [0.4, 0.5) is 0 Å². The molecule has 0 aromatic rings. The number of ether oxygens (including phenoxy) is 3. The average Bonchev–Trinajstić information content (AvgIpc) is 3.47. The maximum Gasteiger partial charge on any atom is 0.306 e. The second-order valence-electron chi connectivity index (χ2n) is 25.9. The average molecular weight is 1140 g/mol. The molecule has 0 aliphatic heterocycles. The number of carbonyl (C=O) groups is 3. The van der Waals surface area contributed by atoms with Gasteiger partial charge in [-0.05, 0) is 19.3 Å². The van der Waals surface area contributed by atoms with E-state index in [-0.39, 0.29) is 31.1 Å². The van der Waals surface area contributed by atoms with Gasteiger partial charge in [0.2, 0.25) is 0 Å². The van der Waals surface area contributed by atoms with Gasteiger partial charge in [0.15, 0.2) is 6.10 Å². The van der Waals surface area contributed by atoms with Crippen LogP contribution in [0.25, 0.3) is 0 Å². The number of carbonyl (C=O) groups excluding carboxylic acids is 3. The summed E-state index contributed by atoms with van der Waals surface area (Å²) in [6, 6.07) is 0. The van der Waals surface area contributed by atoms with Crippen LogP contribution in [0.15, 0.2) is 0 Å². The number of unbranched alkanes of at least 4 members (excludes halogenated alkanes) is 60. The molecule has 0 aromatic carbocycles. The molecular weight excluding hydrogens is 997 g/mol. The zero-order valence-electron chi connectivity index (χ0n) is 55.6. The minimum Gasteiger partial charge on any atom is -0.462 e. The van der Waals surface area contributed by atoms with Gasteiger partial charge in [0.05, 0.1) is 0 Å². The third kappa shape index (κ3) is 69.1. The molecule has 482 valence electrons. The van der Waals surface area contributed by atoms with Crippen molar-refractivity contribution in [2.45, 2.75) is 451 Å². The highest BCUT2D eigenvalue weighted by Crippen LogP contribution is 2.20. The second kappa shape index (κ2) is 70.9. The lowest BCUT2D eigenvalue weighted by Crippen LogP contribution is -2.30. The quantitative estimate of drug-likeness (QED) is 0.0343. The molecule has 0 aliphatic carbocycles. The van der Waals surface area contributed by atoms with Crippen molar-refractivity contribution in [1.29, 1.82) is 0 Å². The van der Waals surface area contributed by atoms with Crippen molar-refractivity contribution in [3.8, 4) is 0 Å². The second-order valence-corrected chi connectivity index (χ2v) is 25.9. The molecule has 6 heteroatoms. The highest BCUT2D eigenvalue weighted by atomic mass is 16.6. The monoisotopic (exact) mass is 1140 g/mol. The van der Waals surface area contributed by atoms with Gasteiger partial charge in [-0.15, -0.1) is 0 Å². The summed E-state index contributed by atoms with van der Waals surface area (Å²) in [4.78, 5) is 38.5. The van der Waals surface area contributed by atoms with E-state index in [1.54, 1.807) is 0 Å². The van der Waals surface area contributed by atoms with Gasteiger partial charge >= 0.3 is 17.9 Å². The Hall–Kier alpha value is -1.59. The fourth-order valence-corrected chi connectivity index (χ4v) is 12.0. The molecular formula is C75H146O6. The van der Waals surface area contributed by atoms with E-state index < -0.39 is 6.10 Å². The van der Waals surface area contributed by atoms with Gasteiger partial charge in [0.1, 0.15) is 13.2 Å². The summed E-state index contributed by atoms with van der Waals surface area (Å²) < 4.78 is 17.0. The Labute approximate surface area is 508 Å². The molecule has 0 N–H and O–H groups in total. The molecule has 0 amide bonds. The maximum absolute atomic E-state index is 13.0. The van der Waals surface area contributed by atoms with Crippen molar-refractivity contribution in [1.82, 2.24) is 0 Å². The van der Waals surface area contributed by atoms with Gasteiger partial charge < -0.3 is 14.2 Å². The van der Waals surface area contributed by atoms with E-state index in [0.29, 0.717) is 19.3 Å². The van der Waals surface area contributed by atoms with Crippen molar-refractivity contribution in [2.24, 2.45) is 0 Å². The van der Waals surface area contributed by atoms with Crippen molar-refractivity contribution in [3.05, 3.63) is 0 Å². The molecule has 0 fully saturated rings. The van der Waals surface area contributed by atoms with E-state index in [9.17, 15) is 14.4 Å². The first-order valence-electron chi connectivity index (χ1n) is 37.5. The van der Waals surface area contributed by atoms with Crippen LogP contribution in [0.2, 0.25) is 0 Å². The third-order valence-electron chi connectivity index (χ3n) is 17.6. The zero-order chi connectivity index (χ0) is 58.5. The first-order valence-corrected chi connectivity index (χ1v) is 37.5. The summed E-state index contributed by atoms with van der Waals surface area (Å²) in [6.07, 6.45) is 84.4. The largest absolute Gasteiger partial charge is 0.462 e. The lowest BCUT2D eigenvalue weighted by Gasteiger charge is -2.18. The molecule has 0 saturated heterocycles. The zero-order valence-corrected chi connectivity index (χ0v) is 55.6. The standard InChI is InChI=1S/C75H146O6/c1-4-7-10-13-16-19-22-25-28-30-32-34-36-38-40-41-43-45-47-50-53-56-59-62-65-68-74(77)80-71-72(70-79-73(76)67-64-61-58-55-52-49-27-24-21-18-15-12-9-6-3)81-75(78)69-66-63-60-57-54-51-48-46-44-42-39-37-35-33-31-29-26-23-20-17-14-11-8-5-2/h72H,4-71H2,1-3H3. The predicted molar refractivity (Wildman–Crippen MR) is 354 cm³/mol. The summed E-state index contributed by atoms with van der Waals surface area (Å²) in [7, 11) is 0. The molecule has 0 aromatic heterocycles. The molecule has 81 heavy (non-hydrogen) atoms. The third-order valence-corrected chi connectivity index (χ3v) is 17.6. The Morgan fingerprint density at radius 1 is 0.198 bits per heavy atom. The first-order chi connectivity index (χ1) is 40.0. The minimum absolute atomic E-state index is 0.0599. The van der Waals surface area contributed by atoms with Crippen LogP contribution >= 0.6 is 0 Å². The molecule has 0 radical (unpaired) electrons. The first kappa shape index (κ1) is 79.4. The van der Waals surface area contributed by atoms with Crippen molar-refractivity contribution < 1.29 is 28.6 Å². The summed E-state index contributed by atoms with van der Waals surface area (Å²) in [6.45, 7) is 6.75. The highest BCUT2D eigenvalue weighted by molar-refractivity contribution is 5.71. The van der Waals surface area contributed by atoms with Crippen LogP contribution < -0.4 is 0 Å². The van der Waals surface area contributed by atoms with E-state index in [0.717, 1.165) is 57.8 Å². The lowest BCUT2D eigenvalue weighted by molar-refractivity contribution is -0.167. The fourth-order valence-electron chi connectivity index (χ4n) is 12.0. The topological polar surface area (TPSA) is 78.9 Å². The van der Waals surface area contributed by atoms with Gasteiger partial charge in [-0.25, -0.2) is 0 Å². The van der Waals surface area contributed by atoms with Crippen LogP contribution in [-0.2, 0) is 28.6 Å². The lowest BCUT2D eigenvalue weighted by atomic mass is 10.0. The van der Waals surface area contributed by atoms with Gasteiger partial charge in [-0.2, -0.15) is 0 Å². The van der Waals surface area contributed by atoms with Crippen molar-refractivity contribution >= 4 is 17.9 Å². The number of hydrogen-bond acceptors (Lipinski definition) is 6. The van der Waals surface area contributed by atoms with E-state index >= 15 is 0 Å². The van der Waals surface area contributed by atoms with Gasteiger partial charge in [-0.3, -0.25) is 14.4 Å². The van der Waals surface area contributed by atoms with Crippen LogP contribution in [0, 0.1) is 0 Å². The summed E-state index contributed by atoms with van der Waals surface area (Å²) >= 11 is 0. The SMILES string of the molecule is CCCCCCCCCCCCCCCCCCCCCCCCCCCC(=O)OCC(COC(=O)CCCCCCCCCCCCCCCC)OC(=O)CCCCCCCCCCCCCCCCCCCCCCCCCC. The van der Waals surface area contributed by atoms with Gasteiger partial charge in [0.25, 0.3) is 0 Å². The van der Waals surface area contributed by atoms with E-state index in [2.05, 4.69) is 20.8 Å². The Bertz CT molecular complexity index is 1220. The van der Waals surface area contributed by atoms with E-state index in [1.807, 2.05) is 0 Å². The predicted octanol–water partition coefficient (Wildman–Crippen LogP) is 25.8. The van der Waals surface area contributed by atoms with Crippen molar-refractivity contribution in [3.63, 3.8) is 0 Å². The smallest absolute Gasteiger partial charge is 0.306 e.